The number of halogens is 2. The molecule has 1 atom stereocenters. The van der Waals surface area contributed by atoms with Gasteiger partial charge in [0.2, 0.25) is 5.91 Å². The monoisotopic (exact) mass is 333 g/mol. The molecule has 4 nitrogen and oxygen atoms in total. The molecule has 21 heavy (non-hydrogen) atoms. The van der Waals surface area contributed by atoms with Gasteiger partial charge in [-0.05, 0) is 18.9 Å². The number of amides is 1. The van der Waals surface area contributed by atoms with Gasteiger partial charge in [0.25, 0.3) is 0 Å². The number of nitrogens with two attached hydrogens (primary N) is 1. The molecule has 120 valence electrons. The lowest BCUT2D eigenvalue weighted by atomic mass is 10.1. The van der Waals surface area contributed by atoms with Crippen LogP contribution in [0.4, 0.5) is 0 Å². The zero-order valence-electron chi connectivity index (χ0n) is 12.4. The summed E-state index contributed by atoms with van der Waals surface area (Å²) in [5, 5.41) is 0. The summed E-state index contributed by atoms with van der Waals surface area (Å²) in [6.45, 7) is 5.83. The second-order valence-electron chi connectivity index (χ2n) is 5.18. The van der Waals surface area contributed by atoms with Crippen LogP contribution in [-0.2, 0) is 11.3 Å². The average Bonchev–Trinajstić information content (AvgIpc) is 2.62. The zero-order chi connectivity index (χ0) is 13.7. The second kappa shape index (κ2) is 10.0. The normalized spacial score (nSPS) is 19.1. The number of hydrogen-bond acceptors (Lipinski definition) is 3. The number of nitrogens with zero attached hydrogens (tertiary/aromatic N) is 2. The van der Waals surface area contributed by atoms with E-state index in [1.165, 1.54) is 5.56 Å². The molecule has 1 heterocycles. The molecule has 0 saturated carbocycles. The van der Waals surface area contributed by atoms with Gasteiger partial charge in [-0.25, -0.2) is 0 Å². The molecular formula is C15H25Cl2N3O. The van der Waals surface area contributed by atoms with Crippen molar-refractivity contribution in [2.75, 3.05) is 26.2 Å². The molecule has 1 aromatic carbocycles. The van der Waals surface area contributed by atoms with Gasteiger partial charge in [0.05, 0.1) is 6.54 Å². The number of carbonyl (C=O) groups excluding carboxylic acids is 1. The fraction of sp³-hybridized carbons (Fsp3) is 0.533. The van der Waals surface area contributed by atoms with Crippen LogP contribution in [0.5, 0.6) is 0 Å². The Kier molecular flexibility index (Phi) is 9.62. The van der Waals surface area contributed by atoms with Gasteiger partial charge >= 0.3 is 0 Å². The van der Waals surface area contributed by atoms with Crippen molar-refractivity contribution in [1.82, 2.24) is 9.80 Å². The molecule has 1 fully saturated rings. The van der Waals surface area contributed by atoms with Crippen LogP contribution in [0.3, 0.4) is 0 Å². The Labute approximate surface area is 139 Å². The Bertz CT molecular complexity index is 417. The highest BCUT2D eigenvalue weighted by Crippen LogP contribution is 2.14. The van der Waals surface area contributed by atoms with Crippen LogP contribution in [0.1, 0.15) is 18.9 Å². The van der Waals surface area contributed by atoms with E-state index in [0.717, 1.165) is 32.6 Å². The molecule has 1 amide bonds. The summed E-state index contributed by atoms with van der Waals surface area (Å²) in [5.41, 5.74) is 6.77. The Morgan fingerprint density at radius 2 is 1.86 bits per heavy atom. The summed E-state index contributed by atoms with van der Waals surface area (Å²) < 4.78 is 0. The van der Waals surface area contributed by atoms with Crippen molar-refractivity contribution in [2.45, 2.75) is 25.9 Å². The summed E-state index contributed by atoms with van der Waals surface area (Å²) in [5.74, 6) is 0.0637. The molecule has 0 spiro atoms. The molecule has 1 aromatic rings. The van der Waals surface area contributed by atoms with E-state index in [-0.39, 0.29) is 37.3 Å². The van der Waals surface area contributed by atoms with Gasteiger partial charge in [-0.2, -0.15) is 0 Å². The number of carbonyl (C=O) groups is 1. The van der Waals surface area contributed by atoms with Crippen LogP contribution in [0.25, 0.3) is 0 Å². The smallest absolute Gasteiger partial charge is 0.236 e. The minimum absolute atomic E-state index is 0. The van der Waals surface area contributed by atoms with Gasteiger partial charge in [0.1, 0.15) is 0 Å². The largest absolute Gasteiger partial charge is 0.340 e. The van der Waals surface area contributed by atoms with Gasteiger partial charge < -0.3 is 10.6 Å². The lowest BCUT2D eigenvalue weighted by Gasteiger charge is -2.26. The first kappa shape index (κ1) is 20.2. The topological polar surface area (TPSA) is 49.6 Å². The van der Waals surface area contributed by atoms with E-state index < -0.39 is 0 Å². The summed E-state index contributed by atoms with van der Waals surface area (Å²) in [6, 6.07) is 11.0. The highest BCUT2D eigenvalue weighted by atomic mass is 35.5. The Hall–Kier alpha value is -0.810. The van der Waals surface area contributed by atoms with Crippen molar-refractivity contribution >= 4 is 30.7 Å². The SMILES string of the molecule is CC1CCN(C(=O)CN)CCN1Cc1ccccc1.Cl.Cl. The van der Waals surface area contributed by atoms with Gasteiger partial charge in [-0.1, -0.05) is 30.3 Å². The van der Waals surface area contributed by atoms with E-state index in [1.807, 2.05) is 11.0 Å². The third-order valence-corrected chi connectivity index (χ3v) is 3.85. The maximum atomic E-state index is 11.7. The first-order valence-corrected chi connectivity index (χ1v) is 6.96. The fourth-order valence-corrected chi connectivity index (χ4v) is 2.54. The lowest BCUT2D eigenvalue weighted by Crippen LogP contribution is -2.39. The van der Waals surface area contributed by atoms with Crippen molar-refractivity contribution in [1.29, 1.82) is 0 Å². The minimum Gasteiger partial charge on any atom is -0.340 e. The molecule has 1 unspecified atom stereocenters. The highest BCUT2D eigenvalue weighted by Gasteiger charge is 2.22. The quantitative estimate of drug-likeness (QED) is 0.919. The van der Waals surface area contributed by atoms with E-state index >= 15 is 0 Å². The first-order chi connectivity index (χ1) is 9.20. The second-order valence-corrected chi connectivity index (χ2v) is 5.18. The Morgan fingerprint density at radius 1 is 1.19 bits per heavy atom. The fourth-order valence-electron chi connectivity index (χ4n) is 2.54. The van der Waals surface area contributed by atoms with E-state index in [2.05, 4.69) is 36.1 Å². The van der Waals surface area contributed by atoms with Gasteiger partial charge in [0.15, 0.2) is 0 Å². The number of rotatable bonds is 3. The van der Waals surface area contributed by atoms with Gasteiger partial charge in [-0.3, -0.25) is 9.69 Å². The summed E-state index contributed by atoms with van der Waals surface area (Å²) >= 11 is 0. The summed E-state index contributed by atoms with van der Waals surface area (Å²) in [7, 11) is 0. The molecule has 0 aliphatic carbocycles. The third kappa shape index (κ3) is 5.83. The van der Waals surface area contributed by atoms with Crippen molar-refractivity contribution in [3.8, 4) is 0 Å². The molecule has 0 radical (unpaired) electrons. The Morgan fingerprint density at radius 3 is 2.48 bits per heavy atom. The van der Waals surface area contributed by atoms with Crippen LogP contribution < -0.4 is 5.73 Å². The highest BCUT2D eigenvalue weighted by molar-refractivity contribution is 5.85. The molecule has 1 aliphatic heterocycles. The van der Waals surface area contributed by atoms with Crippen LogP contribution in [0.15, 0.2) is 30.3 Å². The van der Waals surface area contributed by atoms with Crippen molar-refractivity contribution in [2.24, 2.45) is 5.73 Å². The molecule has 2 N–H and O–H groups in total. The maximum Gasteiger partial charge on any atom is 0.236 e. The summed E-state index contributed by atoms with van der Waals surface area (Å²) in [6.07, 6.45) is 1.01. The molecule has 0 aromatic heterocycles. The summed E-state index contributed by atoms with van der Waals surface area (Å²) in [4.78, 5) is 16.0. The minimum atomic E-state index is 0. The molecular weight excluding hydrogens is 309 g/mol. The maximum absolute atomic E-state index is 11.7. The van der Waals surface area contributed by atoms with Gasteiger partial charge in [-0.15, -0.1) is 24.8 Å². The standard InChI is InChI=1S/C15H23N3O.2ClH/c1-13-7-8-17(15(19)11-16)9-10-18(13)12-14-5-3-2-4-6-14;;/h2-6,13H,7-12,16H2,1H3;2*1H. The van der Waals surface area contributed by atoms with E-state index in [1.54, 1.807) is 0 Å². The van der Waals surface area contributed by atoms with Crippen molar-refractivity contribution in [3.05, 3.63) is 35.9 Å². The Balaban J connectivity index is 0.00000200. The zero-order valence-corrected chi connectivity index (χ0v) is 14.0. The van der Waals surface area contributed by atoms with Crippen molar-refractivity contribution < 1.29 is 4.79 Å². The molecule has 1 saturated heterocycles. The first-order valence-electron chi connectivity index (χ1n) is 6.96. The molecule has 6 heteroatoms. The van der Waals surface area contributed by atoms with Crippen LogP contribution in [-0.4, -0.2) is 47.9 Å². The van der Waals surface area contributed by atoms with Crippen molar-refractivity contribution in [3.63, 3.8) is 0 Å². The average molecular weight is 334 g/mol. The van der Waals surface area contributed by atoms with Crippen LogP contribution >= 0.6 is 24.8 Å². The molecule has 1 aliphatic rings. The van der Waals surface area contributed by atoms with E-state index in [0.29, 0.717) is 6.04 Å². The van der Waals surface area contributed by atoms with Crippen LogP contribution in [0, 0.1) is 0 Å². The number of hydrogen-bond donors (Lipinski definition) is 1. The van der Waals surface area contributed by atoms with E-state index in [9.17, 15) is 4.79 Å². The van der Waals surface area contributed by atoms with Crippen LogP contribution in [0.2, 0.25) is 0 Å². The van der Waals surface area contributed by atoms with E-state index in [4.69, 9.17) is 5.73 Å². The molecule has 0 bridgehead atoms. The third-order valence-electron chi connectivity index (χ3n) is 3.85. The number of benzene rings is 1. The molecule has 2 rings (SSSR count). The predicted molar refractivity (Wildman–Crippen MR) is 91.1 cm³/mol. The van der Waals surface area contributed by atoms with Gasteiger partial charge in [0, 0.05) is 32.2 Å². The predicted octanol–water partition coefficient (Wildman–Crippen LogP) is 1.91. The lowest BCUT2D eigenvalue weighted by molar-refractivity contribution is -0.129.